The lowest BCUT2D eigenvalue weighted by atomic mass is 9.86. The maximum Gasteiger partial charge on any atom is 0.235 e. The number of hydrogen-bond donors (Lipinski definition) is 2. The molecular weight excluding hydrogens is 216 g/mol. The minimum absolute atomic E-state index is 0.179. The third kappa shape index (κ3) is 2.93. The summed E-state index contributed by atoms with van der Waals surface area (Å²) >= 11 is 0. The highest BCUT2D eigenvalue weighted by molar-refractivity contribution is 5.37. The summed E-state index contributed by atoms with van der Waals surface area (Å²) in [6.45, 7) is 1.91. The smallest absolute Gasteiger partial charge is 0.235 e. The molecule has 1 aliphatic rings. The molecule has 0 spiro atoms. The van der Waals surface area contributed by atoms with Crippen LogP contribution in [0, 0.1) is 5.92 Å². The Labute approximate surface area is 100 Å². The van der Waals surface area contributed by atoms with Crippen molar-refractivity contribution in [2.24, 2.45) is 10.9 Å². The molecule has 1 heterocycles. The Kier molecular flexibility index (Phi) is 3.91. The number of carbonyl (C=O) groups excluding carboxylic acids is 1. The maximum absolute atomic E-state index is 10.5. The van der Waals surface area contributed by atoms with E-state index in [-0.39, 0.29) is 11.8 Å². The van der Waals surface area contributed by atoms with Gasteiger partial charge in [0.15, 0.2) is 0 Å². The quantitative estimate of drug-likeness (QED) is 0.616. The number of nitrogens with zero attached hydrogens (tertiary/aromatic N) is 1. The van der Waals surface area contributed by atoms with E-state index in [9.17, 15) is 9.90 Å². The summed E-state index contributed by atoms with van der Waals surface area (Å²) in [7, 11) is 0. The molecule has 0 aromatic heterocycles. The molecule has 1 aromatic carbocycles. The first kappa shape index (κ1) is 11.8. The van der Waals surface area contributed by atoms with Crippen LogP contribution in [0.1, 0.15) is 24.4 Å². The second-order valence-electron chi connectivity index (χ2n) is 4.35. The predicted octanol–water partition coefficient (Wildman–Crippen LogP) is 1.77. The fraction of sp³-hybridized carbons (Fsp3) is 0.462. The third-order valence-electron chi connectivity index (χ3n) is 3.23. The Bertz CT molecular complexity index is 421. The Balaban J connectivity index is 2.24. The zero-order valence-electron chi connectivity index (χ0n) is 9.60. The van der Waals surface area contributed by atoms with Crippen molar-refractivity contribution >= 4 is 6.08 Å². The van der Waals surface area contributed by atoms with E-state index in [1.165, 1.54) is 0 Å². The molecule has 1 saturated heterocycles. The van der Waals surface area contributed by atoms with Gasteiger partial charge in [0, 0.05) is 0 Å². The highest BCUT2D eigenvalue weighted by atomic mass is 16.3. The second kappa shape index (κ2) is 5.62. The van der Waals surface area contributed by atoms with Gasteiger partial charge in [-0.25, -0.2) is 4.79 Å². The van der Waals surface area contributed by atoms with Gasteiger partial charge in [-0.05, 0) is 49.5 Å². The Morgan fingerprint density at radius 2 is 2.18 bits per heavy atom. The topological polar surface area (TPSA) is 61.7 Å². The number of phenols is 1. The van der Waals surface area contributed by atoms with Crippen LogP contribution in [-0.4, -0.2) is 24.3 Å². The maximum atomic E-state index is 10.5. The normalized spacial score (nSPS) is 18.4. The molecule has 1 atom stereocenters. The summed E-state index contributed by atoms with van der Waals surface area (Å²) in [5.74, 6) is 0.557. The number of isocyanates is 1. The van der Waals surface area contributed by atoms with Crippen molar-refractivity contribution in [2.75, 3.05) is 13.1 Å². The van der Waals surface area contributed by atoms with Crippen molar-refractivity contribution < 1.29 is 9.90 Å². The number of phenolic OH excluding ortho intramolecular Hbond substituents is 1. The number of aromatic hydroxyl groups is 1. The summed E-state index contributed by atoms with van der Waals surface area (Å²) in [6, 6.07) is 6.79. The lowest BCUT2D eigenvalue weighted by molar-refractivity contribution is 0.322. The number of nitrogens with one attached hydrogen (secondary N) is 1. The van der Waals surface area contributed by atoms with Gasteiger partial charge in [0.1, 0.15) is 5.75 Å². The van der Waals surface area contributed by atoms with Gasteiger partial charge in [-0.3, -0.25) is 0 Å². The number of aliphatic imine (C=N–C) groups is 1. The van der Waals surface area contributed by atoms with Crippen molar-refractivity contribution in [3.63, 3.8) is 0 Å². The average Bonchev–Trinajstić information content (AvgIpc) is 2.37. The molecule has 17 heavy (non-hydrogen) atoms. The summed E-state index contributed by atoms with van der Waals surface area (Å²) in [5, 5.41) is 12.8. The van der Waals surface area contributed by atoms with Crippen molar-refractivity contribution in [3.05, 3.63) is 29.8 Å². The molecule has 0 aliphatic carbocycles. The van der Waals surface area contributed by atoms with Crippen molar-refractivity contribution in [1.82, 2.24) is 5.32 Å². The SMILES string of the molecule is O=C=NC(c1cccc(O)c1)C1CCNCC1. The van der Waals surface area contributed by atoms with E-state index in [0.29, 0.717) is 5.92 Å². The first-order chi connectivity index (χ1) is 8.31. The van der Waals surface area contributed by atoms with Crippen LogP contribution >= 0.6 is 0 Å². The number of hydrogen-bond acceptors (Lipinski definition) is 4. The minimum atomic E-state index is -0.179. The van der Waals surface area contributed by atoms with E-state index in [1.807, 2.05) is 6.07 Å². The molecule has 0 bridgehead atoms. The highest BCUT2D eigenvalue weighted by Crippen LogP contribution is 2.33. The molecule has 1 fully saturated rings. The van der Waals surface area contributed by atoms with Gasteiger partial charge in [0.25, 0.3) is 0 Å². The van der Waals surface area contributed by atoms with Gasteiger partial charge >= 0.3 is 0 Å². The highest BCUT2D eigenvalue weighted by Gasteiger charge is 2.24. The fourth-order valence-electron chi connectivity index (χ4n) is 2.38. The zero-order chi connectivity index (χ0) is 12.1. The predicted molar refractivity (Wildman–Crippen MR) is 64.6 cm³/mol. The molecule has 4 heteroatoms. The third-order valence-corrected chi connectivity index (χ3v) is 3.23. The van der Waals surface area contributed by atoms with Crippen LogP contribution in [0.15, 0.2) is 29.3 Å². The Morgan fingerprint density at radius 3 is 2.82 bits per heavy atom. The molecule has 4 nitrogen and oxygen atoms in total. The van der Waals surface area contributed by atoms with Crippen molar-refractivity contribution in [1.29, 1.82) is 0 Å². The van der Waals surface area contributed by atoms with E-state index in [0.717, 1.165) is 31.5 Å². The fourth-order valence-corrected chi connectivity index (χ4v) is 2.38. The summed E-state index contributed by atoms with van der Waals surface area (Å²) in [4.78, 5) is 14.5. The molecule has 90 valence electrons. The largest absolute Gasteiger partial charge is 0.508 e. The van der Waals surface area contributed by atoms with Crippen LogP contribution in [0.2, 0.25) is 0 Å². The lowest BCUT2D eigenvalue weighted by Crippen LogP contribution is -2.30. The van der Waals surface area contributed by atoms with Gasteiger partial charge in [-0.1, -0.05) is 12.1 Å². The van der Waals surface area contributed by atoms with Gasteiger partial charge in [0.05, 0.1) is 6.04 Å². The Morgan fingerprint density at radius 1 is 1.41 bits per heavy atom. The molecule has 2 N–H and O–H groups in total. The molecule has 0 saturated carbocycles. The van der Waals surface area contributed by atoms with E-state index in [2.05, 4.69) is 10.3 Å². The monoisotopic (exact) mass is 232 g/mol. The number of piperidine rings is 1. The molecule has 1 aliphatic heterocycles. The van der Waals surface area contributed by atoms with Gasteiger partial charge < -0.3 is 10.4 Å². The molecule has 1 unspecified atom stereocenters. The van der Waals surface area contributed by atoms with Gasteiger partial charge in [0.2, 0.25) is 6.08 Å². The summed E-state index contributed by atoms with van der Waals surface area (Å²) in [6.07, 6.45) is 3.64. The van der Waals surface area contributed by atoms with Crippen LogP contribution in [0.3, 0.4) is 0 Å². The van der Waals surface area contributed by atoms with Crippen LogP contribution in [-0.2, 0) is 4.79 Å². The number of rotatable bonds is 3. The summed E-state index contributed by atoms with van der Waals surface area (Å²) in [5.41, 5.74) is 0.889. The van der Waals surface area contributed by atoms with Crippen molar-refractivity contribution in [3.8, 4) is 5.75 Å². The summed E-state index contributed by atoms with van der Waals surface area (Å²) < 4.78 is 0. The first-order valence-electron chi connectivity index (χ1n) is 5.88. The molecule has 2 rings (SSSR count). The van der Waals surface area contributed by atoms with E-state index >= 15 is 0 Å². The second-order valence-corrected chi connectivity index (χ2v) is 4.35. The van der Waals surface area contributed by atoms with Crippen LogP contribution < -0.4 is 5.32 Å². The Hall–Kier alpha value is -1.64. The lowest BCUT2D eigenvalue weighted by Gasteiger charge is -2.27. The van der Waals surface area contributed by atoms with Crippen molar-refractivity contribution in [2.45, 2.75) is 18.9 Å². The van der Waals surface area contributed by atoms with E-state index in [4.69, 9.17) is 0 Å². The van der Waals surface area contributed by atoms with Crippen LogP contribution in [0.25, 0.3) is 0 Å². The molecule has 0 amide bonds. The zero-order valence-corrected chi connectivity index (χ0v) is 9.60. The van der Waals surface area contributed by atoms with Crippen LogP contribution in [0.5, 0.6) is 5.75 Å². The first-order valence-corrected chi connectivity index (χ1v) is 5.88. The minimum Gasteiger partial charge on any atom is -0.508 e. The molecule has 1 aromatic rings. The van der Waals surface area contributed by atoms with Crippen LogP contribution in [0.4, 0.5) is 0 Å². The van der Waals surface area contributed by atoms with Gasteiger partial charge in [-0.15, -0.1) is 0 Å². The number of benzene rings is 1. The molecule has 0 radical (unpaired) electrons. The van der Waals surface area contributed by atoms with E-state index < -0.39 is 0 Å². The average molecular weight is 232 g/mol. The van der Waals surface area contributed by atoms with Gasteiger partial charge in [-0.2, -0.15) is 4.99 Å². The molecular formula is C13H16N2O2. The standard InChI is InChI=1S/C13H16N2O2/c16-9-15-13(10-4-6-14-7-5-10)11-2-1-3-12(17)8-11/h1-3,8,10,13-14,17H,4-7H2. The van der Waals surface area contributed by atoms with E-state index in [1.54, 1.807) is 24.3 Å².